The fraction of sp³-hybridized carbons (Fsp3) is 0.571. The van der Waals surface area contributed by atoms with Gasteiger partial charge in [-0.3, -0.25) is 0 Å². The van der Waals surface area contributed by atoms with Gasteiger partial charge in [-0.1, -0.05) is 22.0 Å². The molecule has 0 aromatic heterocycles. The molecule has 18 heavy (non-hydrogen) atoms. The largest absolute Gasteiger partial charge is 0.380 e. The van der Waals surface area contributed by atoms with E-state index in [1.807, 2.05) is 19.9 Å². The predicted octanol–water partition coefficient (Wildman–Crippen LogP) is 3.33. The van der Waals surface area contributed by atoms with Gasteiger partial charge in [-0.2, -0.15) is 0 Å². The maximum absolute atomic E-state index is 6.04. The van der Waals surface area contributed by atoms with Gasteiger partial charge in [-0.15, -0.1) is 0 Å². The molecule has 0 aliphatic carbocycles. The quantitative estimate of drug-likeness (QED) is 0.784. The number of nitrogens with two attached hydrogens (primary N) is 1. The minimum atomic E-state index is 0.0363. The van der Waals surface area contributed by atoms with Gasteiger partial charge >= 0.3 is 0 Å². The van der Waals surface area contributed by atoms with Crippen molar-refractivity contribution in [1.29, 1.82) is 0 Å². The molecular weight excluding hydrogens is 292 g/mol. The number of benzene rings is 1. The van der Waals surface area contributed by atoms with Crippen LogP contribution in [0.15, 0.2) is 22.7 Å². The highest BCUT2D eigenvalue weighted by Gasteiger charge is 2.13. The molecular formula is C14H23BrN2O. The van der Waals surface area contributed by atoms with Gasteiger partial charge in [0.15, 0.2) is 0 Å². The Bertz CT molecular complexity index is 369. The topological polar surface area (TPSA) is 38.5 Å². The fourth-order valence-corrected chi connectivity index (χ4v) is 2.29. The summed E-state index contributed by atoms with van der Waals surface area (Å²) < 4.78 is 6.51. The molecule has 0 aliphatic rings. The average Bonchev–Trinajstić information content (AvgIpc) is 2.34. The molecule has 1 atom stereocenters. The first-order valence-electron chi connectivity index (χ1n) is 6.47. The van der Waals surface area contributed by atoms with Gasteiger partial charge in [0, 0.05) is 35.9 Å². The van der Waals surface area contributed by atoms with Crippen LogP contribution in [-0.2, 0) is 4.74 Å². The maximum atomic E-state index is 6.04. The lowest BCUT2D eigenvalue weighted by atomic mass is 10.1. The Morgan fingerprint density at radius 2 is 2.11 bits per heavy atom. The standard InChI is InChI=1S/C14H23BrN2O/c1-4-17(8-9-18-5-2)14-10-12(15)6-7-13(14)11(3)16/h6-7,10-11H,4-5,8-9,16H2,1-3H3. The van der Waals surface area contributed by atoms with Crippen molar-refractivity contribution in [1.82, 2.24) is 0 Å². The molecule has 1 aromatic rings. The third-order valence-corrected chi connectivity index (χ3v) is 3.41. The summed E-state index contributed by atoms with van der Waals surface area (Å²) in [5.41, 5.74) is 8.41. The van der Waals surface area contributed by atoms with Crippen molar-refractivity contribution in [3.8, 4) is 0 Å². The smallest absolute Gasteiger partial charge is 0.0641 e. The van der Waals surface area contributed by atoms with Crippen molar-refractivity contribution in [3.05, 3.63) is 28.2 Å². The SMILES string of the molecule is CCOCCN(CC)c1cc(Br)ccc1C(C)N. The second-order valence-corrected chi connectivity index (χ2v) is 5.18. The van der Waals surface area contributed by atoms with Crippen LogP contribution in [0.1, 0.15) is 32.4 Å². The van der Waals surface area contributed by atoms with E-state index in [4.69, 9.17) is 10.5 Å². The Balaban J connectivity index is 2.92. The van der Waals surface area contributed by atoms with Crippen LogP contribution in [0.3, 0.4) is 0 Å². The summed E-state index contributed by atoms with van der Waals surface area (Å²) in [6.07, 6.45) is 0. The van der Waals surface area contributed by atoms with Crippen LogP contribution in [0.2, 0.25) is 0 Å². The lowest BCUT2D eigenvalue weighted by Crippen LogP contribution is -2.29. The molecule has 4 heteroatoms. The van der Waals surface area contributed by atoms with E-state index in [1.54, 1.807) is 0 Å². The summed E-state index contributed by atoms with van der Waals surface area (Å²) in [6.45, 7) is 9.53. The first-order chi connectivity index (χ1) is 8.60. The summed E-state index contributed by atoms with van der Waals surface area (Å²) in [5, 5.41) is 0. The van der Waals surface area contributed by atoms with E-state index in [0.29, 0.717) is 0 Å². The van der Waals surface area contributed by atoms with E-state index < -0.39 is 0 Å². The van der Waals surface area contributed by atoms with Crippen molar-refractivity contribution in [2.75, 3.05) is 31.2 Å². The number of anilines is 1. The van der Waals surface area contributed by atoms with Gasteiger partial charge in [0.1, 0.15) is 0 Å². The molecule has 1 aromatic carbocycles. The molecule has 2 N–H and O–H groups in total. The molecule has 3 nitrogen and oxygen atoms in total. The van der Waals surface area contributed by atoms with Gasteiger partial charge in [0.25, 0.3) is 0 Å². The summed E-state index contributed by atoms with van der Waals surface area (Å²) in [4.78, 5) is 2.30. The normalized spacial score (nSPS) is 12.5. The highest BCUT2D eigenvalue weighted by Crippen LogP contribution is 2.28. The van der Waals surface area contributed by atoms with Crippen molar-refractivity contribution in [2.45, 2.75) is 26.8 Å². The molecule has 0 bridgehead atoms. The Hall–Kier alpha value is -0.580. The molecule has 0 heterocycles. The summed E-state index contributed by atoms with van der Waals surface area (Å²) >= 11 is 3.53. The monoisotopic (exact) mass is 314 g/mol. The molecule has 0 aliphatic heterocycles. The maximum Gasteiger partial charge on any atom is 0.0641 e. The van der Waals surface area contributed by atoms with E-state index in [-0.39, 0.29) is 6.04 Å². The van der Waals surface area contributed by atoms with E-state index in [2.05, 4.69) is 39.9 Å². The predicted molar refractivity (Wildman–Crippen MR) is 81.1 cm³/mol. The first kappa shape index (κ1) is 15.5. The molecule has 0 spiro atoms. The lowest BCUT2D eigenvalue weighted by Gasteiger charge is -2.27. The van der Waals surface area contributed by atoms with Gasteiger partial charge in [-0.25, -0.2) is 0 Å². The molecule has 1 rings (SSSR count). The summed E-state index contributed by atoms with van der Waals surface area (Å²) in [7, 11) is 0. The van der Waals surface area contributed by atoms with E-state index in [1.165, 1.54) is 11.3 Å². The number of hydrogen-bond acceptors (Lipinski definition) is 3. The Labute approximate surface area is 118 Å². The summed E-state index contributed by atoms with van der Waals surface area (Å²) in [5.74, 6) is 0. The Kier molecular flexibility index (Phi) is 6.68. The van der Waals surface area contributed by atoms with Crippen molar-refractivity contribution in [2.24, 2.45) is 5.73 Å². The van der Waals surface area contributed by atoms with Gasteiger partial charge < -0.3 is 15.4 Å². The van der Waals surface area contributed by atoms with E-state index >= 15 is 0 Å². The zero-order chi connectivity index (χ0) is 13.5. The first-order valence-corrected chi connectivity index (χ1v) is 7.27. The third kappa shape index (κ3) is 4.26. The third-order valence-electron chi connectivity index (χ3n) is 2.92. The van der Waals surface area contributed by atoms with E-state index in [0.717, 1.165) is 30.8 Å². The molecule has 1 unspecified atom stereocenters. The number of rotatable bonds is 7. The van der Waals surface area contributed by atoms with Crippen LogP contribution in [-0.4, -0.2) is 26.3 Å². The summed E-state index contributed by atoms with van der Waals surface area (Å²) in [6, 6.07) is 6.30. The Morgan fingerprint density at radius 1 is 1.39 bits per heavy atom. The van der Waals surface area contributed by atoms with Crippen LogP contribution in [0, 0.1) is 0 Å². The van der Waals surface area contributed by atoms with Crippen molar-refractivity contribution >= 4 is 21.6 Å². The van der Waals surface area contributed by atoms with Gasteiger partial charge in [0.05, 0.1) is 6.61 Å². The lowest BCUT2D eigenvalue weighted by molar-refractivity contribution is 0.154. The van der Waals surface area contributed by atoms with Crippen LogP contribution in [0.4, 0.5) is 5.69 Å². The zero-order valence-electron chi connectivity index (χ0n) is 11.4. The second kappa shape index (κ2) is 7.77. The Morgan fingerprint density at radius 3 is 2.67 bits per heavy atom. The molecule has 0 fully saturated rings. The fourth-order valence-electron chi connectivity index (χ4n) is 1.94. The highest BCUT2D eigenvalue weighted by molar-refractivity contribution is 9.10. The van der Waals surface area contributed by atoms with Crippen LogP contribution >= 0.6 is 15.9 Å². The molecule has 102 valence electrons. The van der Waals surface area contributed by atoms with Crippen molar-refractivity contribution in [3.63, 3.8) is 0 Å². The van der Waals surface area contributed by atoms with Crippen LogP contribution in [0.5, 0.6) is 0 Å². The van der Waals surface area contributed by atoms with Gasteiger partial charge in [-0.05, 0) is 38.5 Å². The average molecular weight is 315 g/mol. The molecule has 0 radical (unpaired) electrons. The minimum absolute atomic E-state index is 0.0363. The number of nitrogens with zero attached hydrogens (tertiary/aromatic N) is 1. The number of hydrogen-bond donors (Lipinski definition) is 1. The molecule has 0 saturated heterocycles. The van der Waals surface area contributed by atoms with Crippen molar-refractivity contribution < 1.29 is 4.74 Å². The molecule has 0 saturated carbocycles. The molecule has 0 amide bonds. The van der Waals surface area contributed by atoms with E-state index in [9.17, 15) is 0 Å². The zero-order valence-corrected chi connectivity index (χ0v) is 13.0. The van der Waals surface area contributed by atoms with Gasteiger partial charge in [0.2, 0.25) is 0 Å². The second-order valence-electron chi connectivity index (χ2n) is 4.27. The number of halogens is 1. The minimum Gasteiger partial charge on any atom is -0.380 e. The van der Waals surface area contributed by atoms with Crippen LogP contribution < -0.4 is 10.6 Å². The number of ether oxygens (including phenoxy) is 1. The van der Waals surface area contributed by atoms with Crippen LogP contribution in [0.25, 0.3) is 0 Å². The number of likely N-dealkylation sites (N-methyl/N-ethyl adjacent to an activating group) is 1. The highest BCUT2D eigenvalue weighted by atomic mass is 79.9.